The molecule has 6 heteroatoms. The summed E-state index contributed by atoms with van der Waals surface area (Å²) >= 11 is -4.56. The SMILES string of the molecule is Cc1cc(C)cc(C(=O)[NH][Ti]([Cl])([Cl])([c]2cccc3c2Cc2ccccc2-3)[SiH](C)C)c1. The molecule has 4 rings (SSSR count). The first-order chi connectivity index (χ1) is 14.1. The van der Waals surface area contributed by atoms with Gasteiger partial charge >= 0.3 is 189 Å². The number of carbonyl (C=O) groups is 1. The first-order valence-corrected chi connectivity index (χ1v) is 21.7. The number of rotatable bonds is 4. The van der Waals surface area contributed by atoms with Gasteiger partial charge in [-0.2, -0.15) is 0 Å². The molecule has 1 aliphatic rings. The summed E-state index contributed by atoms with van der Waals surface area (Å²) in [6.07, 6.45) is 0.807. The first kappa shape index (κ1) is 21.9. The van der Waals surface area contributed by atoms with Gasteiger partial charge in [-0.05, 0) is 0 Å². The van der Waals surface area contributed by atoms with Gasteiger partial charge in [0.25, 0.3) is 0 Å². The average molecular weight is 491 g/mol. The number of aryl methyl sites for hydroxylation is 2. The molecule has 3 aromatic rings. The molecule has 1 amide bonds. The van der Waals surface area contributed by atoms with Gasteiger partial charge < -0.3 is 0 Å². The number of benzene rings is 3. The van der Waals surface area contributed by atoms with Crippen LogP contribution < -0.4 is 7.67 Å². The maximum atomic E-state index is 13.4. The van der Waals surface area contributed by atoms with Crippen molar-refractivity contribution < 1.29 is 17.5 Å². The number of amides is 1. The van der Waals surface area contributed by atoms with Crippen LogP contribution in [-0.2, 0) is 19.1 Å². The van der Waals surface area contributed by atoms with Gasteiger partial charge in [-0.3, -0.25) is 0 Å². The fraction of sp³-hybridized carbons (Fsp3) is 0.208. The topological polar surface area (TPSA) is 29.1 Å². The average Bonchev–Trinajstić information content (AvgIpc) is 3.05. The van der Waals surface area contributed by atoms with E-state index in [9.17, 15) is 4.79 Å². The molecule has 0 heterocycles. The zero-order valence-electron chi connectivity index (χ0n) is 17.7. The molecule has 3 aromatic carbocycles. The Labute approximate surface area is 188 Å². The van der Waals surface area contributed by atoms with Crippen LogP contribution in [0.5, 0.6) is 0 Å². The monoisotopic (exact) mass is 490 g/mol. The molecule has 0 radical (unpaired) electrons. The van der Waals surface area contributed by atoms with Crippen LogP contribution in [0.3, 0.4) is 0 Å². The summed E-state index contributed by atoms with van der Waals surface area (Å²) in [7, 11) is 15.0. The van der Waals surface area contributed by atoms with Crippen molar-refractivity contribution in [3.63, 3.8) is 0 Å². The summed E-state index contributed by atoms with van der Waals surface area (Å²) in [4.78, 5) is 13.4. The van der Waals surface area contributed by atoms with Crippen molar-refractivity contribution in [2.45, 2.75) is 33.4 Å². The molecule has 0 fully saturated rings. The molecular formula is C24H26Cl2NOSiTi. The Morgan fingerprint density at radius 2 is 1.57 bits per heavy atom. The van der Waals surface area contributed by atoms with Crippen LogP contribution in [0, 0.1) is 13.8 Å². The van der Waals surface area contributed by atoms with Crippen LogP contribution in [-0.4, -0.2) is 12.6 Å². The molecule has 1 aliphatic carbocycles. The fourth-order valence-corrected chi connectivity index (χ4v) is 16.4. The second kappa shape index (κ2) is 7.65. The summed E-state index contributed by atoms with van der Waals surface area (Å²) in [6, 6.07) is 20.5. The zero-order chi connectivity index (χ0) is 21.7. The van der Waals surface area contributed by atoms with Crippen LogP contribution in [0.4, 0.5) is 0 Å². The zero-order valence-corrected chi connectivity index (χ0v) is 22.0. The van der Waals surface area contributed by atoms with Crippen molar-refractivity contribution in [3.8, 4) is 11.1 Å². The summed E-state index contributed by atoms with van der Waals surface area (Å²) in [6.45, 7) is 6.61. The number of halogens is 2. The van der Waals surface area contributed by atoms with E-state index in [0.29, 0.717) is 5.56 Å². The van der Waals surface area contributed by atoms with Gasteiger partial charge in [0.1, 0.15) is 0 Å². The summed E-state index contributed by atoms with van der Waals surface area (Å²) in [5, 5.41) is 0. The number of carbonyl (C=O) groups excluding carboxylic acids is 1. The van der Waals surface area contributed by atoms with Crippen molar-refractivity contribution in [3.05, 3.63) is 88.5 Å². The minimum atomic E-state index is -4.56. The molecular weight excluding hydrogens is 465 g/mol. The molecule has 0 atom stereocenters. The third-order valence-corrected chi connectivity index (χ3v) is 36.2. The summed E-state index contributed by atoms with van der Waals surface area (Å²) in [5.41, 5.74) is 7.62. The van der Waals surface area contributed by atoms with Crippen molar-refractivity contribution in [1.29, 1.82) is 0 Å². The van der Waals surface area contributed by atoms with Crippen LogP contribution in [0.15, 0.2) is 60.7 Å². The normalized spacial score (nSPS) is 14.0. The Bertz CT molecular complexity index is 1160. The molecule has 1 N–H and O–H groups in total. The van der Waals surface area contributed by atoms with Gasteiger partial charge in [0.15, 0.2) is 0 Å². The molecule has 0 aliphatic heterocycles. The molecule has 0 aromatic heterocycles. The molecule has 0 saturated heterocycles. The Kier molecular flexibility index (Phi) is 5.57. The first-order valence-electron chi connectivity index (χ1n) is 10.3. The van der Waals surface area contributed by atoms with E-state index in [2.05, 4.69) is 59.4 Å². The standard InChI is InChI=1S/C13H9.C9H11NO.C2H7Si.2ClH.Ti/c1-3-7-12-10(5-1)9-11-6-2-4-8-13(11)12;1-6-3-7(2)5-8(4-6)9(10)11;1-3-2;;;/h1-5,7-8H,9H2;3-5H,1-2H3,(H2,10,11);3H,1-2H3;2*1H;/q;;;;;+3/p-3. The molecule has 2 nitrogen and oxygen atoms in total. The molecule has 0 spiro atoms. The predicted octanol–water partition coefficient (Wildman–Crippen LogP) is 5.83. The third-order valence-electron chi connectivity index (χ3n) is 6.18. The molecule has 0 saturated carbocycles. The van der Waals surface area contributed by atoms with Gasteiger partial charge in [0, 0.05) is 0 Å². The Hall–Kier alpha value is -1.36. The van der Waals surface area contributed by atoms with Crippen LogP contribution in [0.25, 0.3) is 11.1 Å². The van der Waals surface area contributed by atoms with E-state index in [1.165, 1.54) is 22.3 Å². The molecule has 155 valence electrons. The predicted molar refractivity (Wildman–Crippen MR) is 128 cm³/mol. The second-order valence-electron chi connectivity index (χ2n) is 8.73. The van der Waals surface area contributed by atoms with Crippen molar-refractivity contribution in [2.24, 2.45) is 0 Å². The van der Waals surface area contributed by atoms with E-state index in [1.807, 2.05) is 32.0 Å². The molecule has 30 heavy (non-hydrogen) atoms. The van der Waals surface area contributed by atoms with Gasteiger partial charge in [-0.25, -0.2) is 0 Å². The summed E-state index contributed by atoms with van der Waals surface area (Å²) < 4.78 is 4.25. The van der Waals surface area contributed by atoms with Gasteiger partial charge in [-0.1, -0.05) is 0 Å². The Morgan fingerprint density at radius 1 is 0.933 bits per heavy atom. The molecule has 0 unspecified atom stereocenters. The van der Waals surface area contributed by atoms with E-state index < -0.39 is 19.4 Å². The fourth-order valence-electron chi connectivity index (χ4n) is 4.50. The minimum absolute atomic E-state index is 0.168. The Morgan fingerprint density at radius 3 is 2.23 bits per heavy atom. The quantitative estimate of drug-likeness (QED) is 0.358. The van der Waals surface area contributed by atoms with Gasteiger partial charge in [0.2, 0.25) is 0 Å². The van der Waals surface area contributed by atoms with E-state index >= 15 is 0 Å². The number of fused-ring (bicyclic) bond motifs is 3. The second-order valence-corrected chi connectivity index (χ2v) is 36.1. The van der Waals surface area contributed by atoms with Crippen molar-refractivity contribution in [1.82, 2.24) is 3.80 Å². The molecule has 0 bridgehead atoms. The van der Waals surface area contributed by atoms with Crippen molar-refractivity contribution >= 4 is 35.0 Å². The van der Waals surface area contributed by atoms with E-state index in [-0.39, 0.29) is 5.91 Å². The van der Waals surface area contributed by atoms with Crippen molar-refractivity contribution in [2.75, 3.05) is 0 Å². The van der Waals surface area contributed by atoms with Crippen LogP contribution >= 0.6 is 18.6 Å². The van der Waals surface area contributed by atoms with Crippen LogP contribution in [0.1, 0.15) is 32.6 Å². The third kappa shape index (κ3) is 3.61. The van der Waals surface area contributed by atoms with Crippen LogP contribution in [0.2, 0.25) is 13.1 Å². The van der Waals surface area contributed by atoms with E-state index in [1.54, 1.807) is 0 Å². The number of nitrogens with one attached hydrogen (secondary N) is 1. The maximum absolute atomic E-state index is 13.4. The number of hydrogen-bond donors (Lipinski definition) is 1. The van der Waals surface area contributed by atoms with E-state index in [4.69, 9.17) is 18.6 Å². The Balaban J connectivity index is 1.83. The summed E-state index contributed by atoms with van der Waals surface area (Å²) in [5.74, 6) is -0.168. The van der Waals surface area contributed by atoms with Gasteiger partial charge in [-0.15, -0.1) is 0 Å². The van der Waals surface area contributed by atoms with Gasteiger partial charge in [0.05, 0.1) is 0 Å². The van der Waals surface area contributed by atoms with E-state index in [0.717, 1.165) is 21.4 Å². The number of hydrogen-bond acceptors (Lipinski definition) is 1.